The number of para-hydroxylation sites is 1. The van der Waals surface area contributed by atoms with Crippen LogP contribution in [0.15, 0.2) is 83.9 Å². The highest BCUT2D eigenvalue weighted by Gasteiger charge is 2.23. The standard InChI is InChI=1S/C27H25FN4O3S/c1-19-18-23(11-12-24(19)28)31-14-16-32(17-15-31)27(33)21-7-9-22(10-8-21)30-36(34,35)25-6-2-4-20-5-3-13-29-26(20)25/h2-13,18,30H,14-17H2,1H3. The number of aryl methyl sites for hydroxylation is 1. The van der Waals surface area contributed by atoms with Gasteiger partial charge in [-0.3, -0.25) is 14.5 Å². The van der Waals surface area contributed by atoms with Crippen molar-refractivity contribution < 1.29 is 17.6 Å². The van der Waals surface area contributed by atoms with E-state index in [2.05, 4.69) is 14.6 Å². The van der Waals surface area contributed by atoms with Gasteiger partial charge in [-0.15, -0.1) is 0 Å². The molecule has 2 heterocycles. The van der Waals surface area contributed by atoms with Gasteiger partial charge in [-0.2, -0.15) is 0 Å². The van der Waals surface area contributed by atoms with Gasteiger partial charge in [-0.1, -0.05) is 18.2 Å². The number of sulfonamides is 1. The second-order valence-corrected chi connectivity index (χ2v) is 10.4. The fraction of sp³-hybridized carbons (Fsp3) is 0.185. The van der Waals surface area contributed by atoms with Crippen molar-refractivity contribution in [1.29, 1.82) is 0 Å². The van der Waals surface area contributed by atoms with Crippen molar-refractivity contribution in [3.05, 3.63) is 95.9 Å². The molecule has 5 rings (SSSR count). The summed E-state index contributed by atoms with van der Waals surface area (Å²) in [5.41, 5.74) is 2.78. The average molecular weight is 505 g/mol. The molecule has 0 saturated carbocycles. The average Bonchev–Trinajstić information content (AvgIpc) is 2.90. The van der Waals surface area contributed by atoms with E-state index in [9.17, 15) is 17.6 Å². The van der Waals surface area contributed by atoms with Crippen LogP contribution >= 0.6 is 0 Å². The van der Waals surface area contributed by atoms with Crippen LogP contribution in [0.4, 0.5) is 15.8 Å². The molecule has 1 aliphatic heterocycles. The van der Waals surface area contributed by atoms with Crippen molar-refractivity contribution in [2.24, 2.45) is 0 Å². The number of rotatable bonds is 5. The summed E-state index contributed by atoms with van der Waals surface area (Å²) >= 11 is 0. The zero-order valence-corrected chi connectivity index (χ0v) is 20.5. The highest BCUT2D eigenvalue weighted by molar-refractivity contribution is 7.93. The molecule has 0 spiro atoms. The summed E-state index contributed by atoms with van der Waals surface area (Å²) in [5.74, 6) is -0.343. The Morgan fingerprint density at radius 2 is 1.67 bits per heavy atom. The van der Waals surface area contributed by atoms with Crippen molar-refractivity contribution in [2.45, 2.75) is 11.8 Å². The molecule has 0 bridgehead atoms. The van der Waals surface area contributed by atoms with Crippen molar-refractivity contribution in [1.82, 2.24) is 9.88 Å². The number of benzene rings is 3. The summed E-state index contributed by atoms with van der Waals surface area (Å²) in [7, 11) is -3.87. The number of nitrogens with zero attached hydrogens (tertiary/aromatic N) is 3. The van der Waals surface area contributed by atoms with Gasteiger partial charge in [0.05, 0.1) is 5.52 Å². The lowest BCUT2D eigenvalue weighted by Crippen LogP contribution is -2.48. The maximum atomic E-state index is 13.6. The Bertz CT molecular complexity index is 1530. The zero-order chi connectivity index (χ0) is 25.3. The zero-order valence-electron chi connectivity index (χ0n) is 19.7. The summed E-state index contributed by atoms with van der Waals surface area (Å²) in [4.78, 5) is 21.2. The predicted molar refractivity (Wildman–Crippen MR) is 138 cm³/mol. The van der Waals surface area contributed by atoms with Gasteiger partial charge in [0.25, 0.3) is 15.9 Å². The van der Waals surface area contributed by atoms with Crippen LogP contribution in [0.3, 0.4) is 0 Å². The van der Waals surface area contributed by atoms with Gasteiger partial charge < -0.3 is 9.80 Å². The maximum absolute atomic E-state index is 13.6. The molecule has 36 heavy (non-hydrogen) atoms. The molecule has 1 aliphatic rings. The van der Waals surface area contributed by atoms with Crippen LogP contribution < -0.4 is 9.62 Å². The molecule has 3 aromatic carbocycles. The lowest BCUT2D eigenvalue weighted by Gasteiger charge is -2.36. The van der Waals surface area contributed by atoms with Crippen LogP contribution in [0.25, 0.3) is 10.9 Å². The third-order valence-electron chi connectivity index (χ3n) is 6.34. The van der Waals surface area contributed by atoms with Gasteiger partial charge in [-0.05, 0) is 67.1 Å². The van der Waals surface area contributed by atoms with Gasteiger partial charge in [0.1, 0.15) is 10.7 Å². The predicted octanol–water partition coefficient (Wildman–Crippen LogP) is 4.45. The van der Waals surface area contributed by atoms with Crippen molar-refractivity contribution >= 4 is 38.2 Å². The molecule has 4 aromatic rings. The number of hydrogen-bond acceptors (Lipinski definition) is 5. The van der Waals surface area contributed by atoms with E-state index in [4.69, 9.17) is 0 Å². The van der Waals surface area contributed by atoms with Crippen LogP contribution in [0.5, 0.6) is 0 Å². The van der Waals surface area contributed by atoms with Gasteiger partial charge in [0.15, 0.2) is 0 Å². The van der Waals surface area contributed by atoms with E-state index in [1.807, 2.05) is 18.2 Å². The fourth-order valence-corrected chi connectivity index (χ4v) is 5.60. The Labute approximate surface area is 209 Å². The number of halogens is 1. The summed E-state index contributed by atoms with van der Waals surface area (Å²) < 4.78 is 42.2. The number of hydrogen-bond donors (Lipinski definition) is 1. The number of fused-ring (bicyclic) bond motifs is 1. The number of nitrogens with one attached hydrogen (secondary N) is 1. The minimum absolute atomic E-state index is 0.0926. The van der Waals surface area contributed by atoms with E-state index in [0.29, 0.717) is 48.5 Å². The Morgan fingerprint density at radius 3 is 2.39 bits per heavy atom. The largest absolute Gasteiger partial charge is 0.368 e. The third-order valence-corrected chi connectivity index (χ3v) is 7.76. The summed E-state index contributed by atoms with van der Waals surface area (Å²) in [5, 5.41) is 0.732. The van der Waals surface area contributed by atoms with Crippen LogP contribution in [-0.4, -0.2) is 50.4 Å². The van der Waals surface area contributed by atoms with Crippen LogP contribution in [-0.2, 0) is 10.0 Å². The van der Waals surface area contributed by atoms with Crippen molar-refractivity contribution in [2.75, 3.05) is 35.8 Å². The molecule has 7 nitrogen and oxygen atoms in total. The molecular weight excluding hydrogens is 479 g/mol. The highest BCUT2D eigenvalue weighted by Crippen LogP contribution is 2.24. The Hall–Kier alpha value is -3.98. The Morgan fingerprint density at radius 1 is 0.944 bits per heavy atom. The normalized spacial score (nSPS) is 14.2. The molecule has 1 N–H and O–H groups in total. The molecule has 0 radical (unpaired) electrons. The van der Waals surface area contributed by atoms with Gasteiger partial charge in [0.2, 0.25) is 0 Å². The minimum atomic E-state index is -3.87. The first-order valence-electron chi connectivity index (χ1n) is 11.6. The molecule has 1 amide bonds. The van der Waals surface area contributed by atoms with E-state index in [1.54, 1.807) is 60.5 Å². The summed E-state index contributed by atoms with van der Waals surface area (Å²) in [6.07, 6.45) is 1.56. The lowest BCUT2D eigenvalue weighted by molar-refractivity contribution is 0.0747. The third kappa shape index (κ3) is 4.74. The first-order chi connectivity index (χ1) is 17.3. The second-order valence-electron chi connectivity index (χ2n) is 8.73. The SMILES string of the molecule is Cc1cc(N2CCN(C(=O)c3ccc(NS(=O)(=O)c4cccc5cccnc45)cc3)CC2)ccc1F. The number of aromatic nitrogens is 1. The molecule has 0 unspecified atom stereocenters. The van der Waals surface area contributed by atoms with E-state index < -0.39 is 10.0 Å². The minimum Gasteiger partial charge on any atom is -0.368 e. The van der Waals surface area contributed by atoms with Gasteiger partial charge in [0, 0.05) is 54.7 Å². The first-order valence-corrected chi connectivity index (χ1v) is 13.1. The topological polar surface area (TPSA) is 82.6 Å². The summed E-state index contributed by atoms with van der Waals surface area (Å²) in [6.45, 7) is 4.11. The molecule has 1 saturated heterocycles. The Balaban J connectivity index is 1.25. The number of pyridine rings is 1. The van der Waals surface area contributed by atoms with Gasteiger partial charge >= 0.3 is 0 Å². The molecule has 1 fully saturated rings. The number of amides is 1. The molecule has 1 aromatic heterocycles. The maximum Gasteiger partial charge on any atom is 0.264 e. The van der Waals surface area contributed by atoms with E-state index in [-0.39, 0.29) is 16.6 Å². The highest BCUT2D eigenvalue weighted by atomic mass is 32.2. The molecule has 0 atom stereocenters. The van der Waals surface area contributed by atoms with E-state index in [0.717, 1.165) is 11.1 Å². The monoisotopic (exact) mass is 504 g/mol. The Kier molecular flexibility index (Phi) is 6.32. The van der Waals surface area contributed by atoms with Crippen molar-refractivity contribution in [3.63, 3.8) is 0 Å². The number of piperazine rings is 1. The number of carbonyl (C=O) groups is 1. The smallest absolute Gasteiger partial charge is 0.264 e. The lowest BCUT2D eigenvalue weighted by atomic mass is 10.1. The molecule has 184 valence electrons. The number of carbonyl (C=O) groups excluding carboxylic acids is 1. The molecule has 9 heteroatoms. The summed E-state index contributed by atoms with van der Waals surface area (Å²) in [6, 6.07) is 20.0. The first kappa shape index (κ1) is 23.7. The van der Waals surface area contributed by atoms with Crippen molar-refractivity contribution in [3.8, 4) is 0 Å². The number of anilines is 2. The van der Waals surface area contributed by atoms with Crippen LogP contribution in [0, 0.1) is 12.7 Å². The van der Waals surface area contributed by atoms with E-state index >= 15 is 0 Å². The second kappa shape index (κ2) is 9.58. The van der Waals surface area contributed by atoms with Crippen LogP contribution in [0.1, 0.15) is 15.9 Å². The molecule has 0 aliphatic carbocycles. The quantitative estimate of drug-likeness (QED) is 0.434. The fourth-order valence-electron chi connectivity index (χ4n) is 4.36. The van der Waals surface area contributed by atoms with Gasteiger partial charge in [-0.25, -0.2) is 12.8 Å². The van der Waals surface area contributed by atoms with E-state index in [1.165, 1.54) is 12.1 Å². The van der Waals surface area contributed by atoms with Crippen LogP contribution in [0.2, 0.25) is 0 Å². The molecular formula is C27H25FN4O3S.